The van der Waals surface area contributed by atoms with Crippen molar-refractivity contribution in [2.45, 2.75) is 13.0 Å². The van der Waals surface area contributed by atoms with Crippen LogP contribution in [0.4, 0.5) is 0 Å². The fourth-order valence-corrected chi connectivity index (χ4v) is 3.49. The summed E-state index contributed by atoms with van der Waals surface area (Å²) < 4.78 is 15.3. The van der Waals surface area contributed by atoms with E-state index in [1.807, 2.05) is 30.3 Å². The number of benzene rings is 2. The largest absolute Gasteiger partial charge is 0.457 e. The second-order valence-electron chi connectivity index (χ2n) is 7.58. The van der Waals surface area contributed by atoms with Crippen LogP contribution in [-0.2, 0) is 20.9 Å². The Kier molecular flexibility index (Phi) is 6.64. The van der Waals surface area contributed by atoms with E-state index in [2.05, 4.69) is 0 Å². The summed E-state index contributed by atoms with van der Waals surface area (Å²) in [5.41, 5.74) is 1.28. The van der Waals surface area contributed by atoms with E-state index in [1.165, 1.54) is 36.6 Å². The number of furan rings is 1. The van der Waals surface area contributed by atoms with Crippen LogP contribution < -0.4 is 4.74 Å². The molecule has 1 saturated heterocycles. The number of esters is 2. The SMILES string of the molecule is O=C(COC(=O)[C@@H]1CC(=O)N(Cc2ccccc2)C1)c1ccc(OC(=O)c2ccco2)cc1. The van der Waals surface area contributed by atoms with Gasteiger partial charge in [-0.3, -0.25) is 14.4 Å². The molecule has 0 aliphatic carbocycles. The van der Waals surface area contributed by atoms with Gasteiger partial charge in [0.1, 0.15) is 5.75 Å². The van der Waals surface area contributed by atoms with E-state index in [0.717, 1.165) is 5.56 Å². The Morgan fingerprint density at radius 3 is 2.42 bits per heavy atom. The molecule has 4 rings (SSSR count). The maximum atomic E-state index is 12.4. The van der Waals surface area contributed by atoms with Crippen LogP contribution in [0, 0.1) is 5.92 Å². The number of amides is 1. The van der Waals surface area contributed by atoms with E-state index < -0.39 is 30.2 Å². The zero-order valence-corrected chi connectivity index (χ0v) is 17.6. The summed E-state index contributed by atoms with van der Waals surface area (Å²) in [5.74, 6) is -2.04. The van der Waals surface area contributed by atoms with Crippen LogP contribution in [0.1, 0.15) is 32.9 Å². The van der Waals surface area contributed by atoms with Gasteiger partial charge in [-0.1, -0.05) is 30.3 Å². The fraction of sp³-hybridized carbons (Fsp3) is 0.200. The molecule has 1 atom stereocenters. The lowest BCUT2D eigenvalue weighted by Crippen LogP contribution is -2.27. The van der Waals surface area contributed by atoms with Gasteiger partial charge >= 0.3 is 11.9 Å². The normalized spacial score (nSPS) is 15.3. The van der Waals surface area contributed by atoms with Gasteiger partial charge < -0.3 is 18.8 Å². The molecule has 168 valence electrons. The lowest BCUT2D eigenvalue weighted by atomic mass is 10.1. The third kappa shape index (κ3) is 5.54. The molecular formula is C25H21NO7. The molecule has 1 amide bonds. The van der Waals surface area contributed by atoms with Gasteiger partial charge in [0.2, 0.25) is 11.7 Å². The van der Waals surface area contributed by atoms with Gasteiger partial charge in [0.05, 0.1) is 12.2 Å². The van der Waals surface area contributed by atoms with E-state index in [0.29, 0.717) is 12.1 Å². The van der Waals surface area contributed by atoms with E-state index >= 15 is 0 Å². The number of hydrogen-bond donors (Lipinski definition) is 0. The van der Waals surface area contributed by atoms with E-state index in [9.17, 15) is 19.2 Å². The van der Waals surface area contributed by atoms with Crippen LogP contribution in [0.5, 0.6) is 5.75 Å². The number of ketones is 1. The maximum Gasteiger partial charge on any atom is 0.379 e. The molecule has 1 aliphatic rings. The Morgan fingerprint density at radius 1 is 0.970 bits per heavy atom. The predicted octanol–water partition coefficient (Wildman–Crippen LogP) is 3.27. The minimum Gasteiger partial charge on any atom is -0.457 e. The van der Waals surface area contributed by atoms with E-state index in [-0.39, 0.29) is 30.4 Å². The topological polar surface area (TPSA) is 103 Å². The van der Waals surface area contributed by atoms with Gasteiger partial charge in [0.25, 0.3) is 0 Å². The van der Waals surface area contributed by atoms with Crippen molar-refractivity contribution in [2.75, 3.05) is 13.2 Å². The van der Waals surface area contributed by atoms with Crippen LogP contribution in [0.25, 0.3) is 0 Å². The third-order valence-electron chi connectivity index (χ3n) is 5.22. The summed E-state index contributed by atoms with van der Waals surface area (Å²) in [5, 5.41) is 0. The molecule has 0 bridgehead atoms. The fourth-order valence-electron chi connectivity index (χ4n) is 3.49. The highest BCUT2D eigenvalue weighted by Gasteiger charge is 2.35. The van der Waals surface area contributed by atoms with Crippen LogP contribution in [-0.4, -0.2) is 41.7 Å². The van der Waals surface area contributed by atoms with E-state index in [4.69, 9.17) is 13.9 Å². The summed E-state index contributed by atoms with van der Waals surface area (Å²) in [6, 6.07) is 18.4. The second kappa shape index (κ2) is 9.95. The number of Topliss-reactive ketones (excluding diaryl/α,β-unsaturated/α-hetero) is 1. The summed E-state index contributed by atoms with van der Waals surface area (Å²) in [4.78, 5) is 50.5. The number of nitrogens with zero attached hydrogens (tertiary/aromatic N) is 1. The molecule has 0 unspecified atom stereocenters. The quantitative estimate of drug-likeness (QED) is 0.297. The van der Waals surface area contributed by atoms with Crippen LogP contribution in [0.2, 0.25) is 0 Å². The first kappa shape index (κ1) is 22.0. The first-order chi connectivity index (χ1) is 16.0. The van der Waals surface area contributed by atoms with E-state index in [1.54, 1.807) is 11.0 Å². The highest BCUT2D eigenvalue weighted by atomic mass is 16.5. The maximum absolute atomic E-state index is 12.4. The average Bonchev–Trinajstić information content (AvgIpc) is 3.49. The number of rotatable bonds is 8. The van der Waals surface area contributed by atoms with Gasteiger partial charge in [0, 0.05) is 25.1 Å². The number of ether oxygens (including phenoxy) is 2. The lowest BCUT2D eigenvalue weighted by Gasteiger charge is -2.16. The zero-order chi connectivity index (χ0) is 23.2. The molecule has 3 aromatic rings. The molecule has 1 aromatic heterocycles. The number of carbonyl (C=O) groups is 4. The average molecular weight is 447 g/mol. The van der Waals surface area contributed by atoms with Gasteiger partial charge in [0.15, 0.2) is 12.4 Å². The third-order valence-corrected chi connectivity index (χ3v) is 5.22. The van der Waals surface area contributed by atoms with Gasteiger partial charge in [-0.25, -0.2) is 4.79 Å². The standard InChI is InChI=1S/C25H21NO7/c27-21(18-8-10-20(11-9-18)33-25(30)22-7-4-12-31-22)16-32-24(29)19-13-23(28)26(15-19)14-17-5-2-1-3-6-17/h1-12,19H,13-16H2/t19-/m1/s1. The number of hydrogen-bond acceptors (Lipinski definition) is 7. The Hall–Kier alpha value is -4.20. The molecule has 1 aliphatic heterocycles. The van der Waals surface area contributed by atoms with Crippen LogP contribution in [0.3, 0.4) is 0 Å². The number of likely N-dealkylation sites (tertiary alicyclic amines) is 1. The molecule has 0 saturated carbocycles. The van der Waals surface area contributed by atoms with Crippen molar-refractivity contribution >= 4 is 23.6 Å². The van der Waals surface area contributed by atoms with Crippen molar-refractivity contribution in [3.63, 3.8) is 0 Å². The Morgan fingerprint density at radius 2 is 1.73 bits per heavy atom. The smallest absolute Gasteiger partial charge is 0.379 e. The predicted molar refractivity (Wildman–Crippen MR) is 115 cm³/mol. The van der Waals surface area contributed by atoms with Crippen molar-refractivity contribution in [3.8, 4) is 5.75 Å². The Bertz CT molecular complexity index is 1140. The molecule has 0 N–H and O–H groups in total. The summed E-state index contributed by atoms with van der Waals surface area (Å²) in [6.07, 6.45) is 1.43. The highest BCUT2D eigenvalue weighted by Crippen LogP contribution is 2.22. The van der Waals surface area contributed by atoms with Crippen molar-refractivity contribution in [3.05, 3.63) is 89.9 Å². The molecular weight excluding hydrogens is 426 g/mol. The first-order valence-electron chi connectivity index (χ1n) is 10.4. The minimum atomic E-state index is -0.652. The van der Waals surface area contributed by atoms with Crippen molar-refractivity contribution in [2.24, 2.45) is 5.92 Å². The second-order valence-corrected chi connectivity index (χ2v) is 7.58. The van der Waals surface area contributed by atoms with Crippen molar-refractivity contribution in [1.29, 1.82) is 0 Å². The molecule has 0 radical (unpaired) electrons. The summed E-state index contributed by atoms with van der Waals surface area (Å²) >= 11 is 0. The minimum absolute atomic E-state index is 0.0646. The summed E-state index contributed by atoms with van der Waals surface area (Å²) in [6.45, 7) is 0.253. The Balaban J connectivity index is 1.25. The zero-order valence-electron chi connectivity index (χ0n) is 17.6. The molecule has 8 nitrogen and oxygen atoms in total. The molecule has 8 heteroatoms. The summed E-state index contributed by atoms with van der Waals surface area (Å²) in [7, 11) is 0. The number of carbonyl (C=O) groups excluding carboxylic acids is 4. The van der Waals surface area contributed by atoms with Gasteiger partial charge in [-0.05, 0) is 42.0 Å². The monoisotopic (exact) mass is 447 g/mol. The van der Waals surface area contributed by atoms with Gasteiger partial charge in [-0.15, -0.1) is 0 Å². The lowest BCUT2D eigenvalue weighted by molar-refractivity contribution is -0.147. The van der Waals surface area contributed by atoms with Crippen molar-refractivity contribution in [1.82, 2.24) is 4.90 Å². The molecule has 1 fully saturated rings. The van der Waals surface area contributed by atoms with Crippen molar-refractivity contribution < 1.29 is 33.1 Å². The highest BCUT2D eigenvalue weighted by molar-refractivity contribution is 5.98. The Labute approximate surface area is 189 Å². The molecule has 33 heavy (non-hydrogen) atoms. The van der Waals surface area contributed by atoms with Crippen LogP contribution in [0.15, 0.2) is 77.4 Å². The molecule has 2 aromatic carbocycles. The van der Waals surface area contributed by atoms with Crippen LogP contribution >= 0.6 is 0 Å². The van der Waals surface area contributed by atoms with Gasteiger partial charge in [-0.2, -0.15) is 0 Å². The molecule has 0 spiro atoms. The molecule has 2 heterocycles. The first-order valence-corrected chi connectivity index (χ1v) is 10.4.